The van der Waals surface area contributed by atoms with Crippen molar-refractivity contribution >= 4 is 0 Å². The van der Waals surface area contributed by atoms with Crippen molar-refractivity contribution in [1.29, 1.82) is 0 Å². The highest BCUT2D eigenvalue weighted by atomic mass is 16.5. The van der Waals surface area contributed by atoms with Crippen LogP contribution in [0.1, 0.15) is 25.6 Å². The summed E-state index contributed by atoms with van der Waals surface area (Å²) >= 11 is 0. The van der Waals surface area contributed by atoms with Crippen LogP contribution in [0.2, 0.25) is 0 Å². The normalized spacial score (nSPS) is 11.0. The molecule has 6 heteroatoms. The first-order valence-corrected chi connectivity index (χ1v) is 6.52. The van der Waals surface area contributed by atoms with E-state index in [0.717, 1.165) is 44.9 Å². The summed E-state index contributed by atoms with van der Waals surface area (Å²) in [5.41, 5.74) is 0. The average molecular weight is 256 g/mol. The topological polar surface area (TPSA) is 61.2 Å². The molecule has 0 aromatic carbocycles. The molecular formula is C12H24N4O2. The van der Waals surface area contributed by atoms with Gasteiger partial charge < -0.3 is 14.8 Å². The van der Waals surface area contributed by atoms with Gasteiger partial charge in [-0.15, -0.1) is 0 Å². The van der Waals surface area contributed by atoms with Crippen LogP contribution < -0.4 is 5.32 Å². The van der Waals surface area contributed by atoms with Gasteiger partial charge in [0.05, 0.1) is 19.8 Å². The van der Waals surface area contributed by atoms with Crippen LogP contribution in [0, 0.1) is 0 Å². The van der Waals surface area contributed by atoms with E-state index in [1.165, 1.54) is 0 Å². The predicted molar refractivity (Wildman–Crippen MR) is 69.3 cm³/mol. The molecule has 0 fully saturated rings. The molecule has 0 unspecified atom stereocenters. The molecule has 0 aliphatic carbocycles. The first-order chi connectivity index (χ1) is 8.88. The third-order valence-electron chi connectivity index (χ3n) is 2.49. The van der Waals surface area contributed by atoms with Crippen molar-refractivity contribution in [2.24, 2.45) is 0 Å². The summed E-state index contributed by atoms with van der Waals surface area (Å²) in [5.74, 6) is 0.997. The predicted octanol–water partition coefficient (Wildman–Crippen LogP) is 0.831. The molecule has 0 aliphatic heterocycles. The standard InChI is InChI=1S/C12H24N4O2/c1-3-6-16-12(14-11-15-16)10-13-5-4-7-18-9-8-17-2/h11,13H,3-10H2,1-2H3. The monoisotopic (exact) mass is 256 g/mol. The number of rotatable bonds is 11. The van der Waals surface area contributed by atoms with Crippen molar-refractivity contribution in [2.75, 3.05) is 33.5 Å². The fraction of sp³-hybridized carbons (Fsp3) is 0.833. The lowest BCUT2D eigenvalue weighted by Gasteiger charge is -2.06. The van der Waals surface area contributed by atoms with E-state index in [-0.39, 0.29) is 0 Å². The molecule has 0 radical (unpaired) electrons. The van der Waals surface area contributed by atoms with E-state index in [4.69, 9.17) is 9.47 Å². The quantitative estimate of drug-likeness (QED) is 0.594. The molecule has 1 N–H and O–H groups in total. The maximum atomic E-state index is 5.38. The van der Waals surface area contributed by atoms with Crippen molar-refractivity contribution in [1.82, 2.24) is 20.1 Å². The lowest BCUT2D eigenvalue weighted by molar-refractivity contribution is 0.0694. The molecule has 1 rings (SSSR count). The van der Waals surface area contributed by atoms with Crippen molar-refractivity contribution in [2.45, 2.75) is 32.9 Å². The summed E-state index contributed by atoms with van der Waals surface area (Å²) in [6, 6.07) is 0. The van der Waals surface area contributed by atoms with Crippen molar-refractivity contribution in [3.05, 3.63) is 12.2 Å². The average Bonchev–Trinajstić information content (AvgIpc) is 2.81. The van der Waals surface area contributed by atoms with Gasteiger partial charge in [0.15, 0.2) is 0 Å². The molecule has 1 heterocycles. The van der Waals surface area contributed by atoms with E-state index in [1.807, 2.05) is 4.68 Å². The van der Waals surface area contributed by atoms with Gasteiger partial charge in [0.2, 0.25) is 0 Å². The van der Waals surface area contributed by atoms with Crippen LogP contribution in [0.15, 0.2) is 6.33 Å². The van der Waals surface area contributed by atoms with Crippen LogP contribution in [0.25, 0.3) is 0 Å². The molecule has 0 aliphatic rings. The SMILES string of the molecule is CCCn1ncnc1CNCCCOCCOC. The summed E-state index contributed by atoms with van der Waals surface area (Å²) in [4.78, 5) is 4.23. The Morgan fingerprint density at radius 3 is 3.00 bits per heavy atom. The van der Waals surface area contributed by atoms with Crippen molar-refractivity contribution < 1.29 is 9.47 Å². The molecule has 0 saturated carbocycles. The van der Waals surface area contributed by atoms with E-state index >= 15 is 0 Å². The molecule has 0 spiro atoms. The van der Waals surface area contributed by atoms with Crippen molar-refractivity contribution in [3.8, 4) is 0 Å². The second-order valence-electron chi connectivity index (χ2n) is 4.03. The largest absolute Gasteiger partial charge is 0.382 e. The molecule has 18 heavy (non-hydrogen) atoms. The Kier molecular flexibility index (Phi) is 8.37. The van der Waals surface area contributed by atoms with E-state index in [1.54, 1.807) is 13.4 Å². The second kappa shape index (κ2) is 9.99. The molecule has 1 aromatic heterocycles. The smallest absolute Gasteiger partial charge is 0.140 e. The number of aromatic nitrogens is 3. The maximum absolute atomic E-state index is 5.38. The zero-order valence-corrected chi connectivity index (χ0v) is 11.4. The maximum Gasteiger partial charge on any atom is 0.140 e. The first kappa shape index (κ1) is 15.1. The van der Waals surface area contributed by atoms with Gasteiger partial charge >= 0.3 is 0 Å². The highest BCUT2D eigenvalue weighted by molar-refractivity contribution is 4.83. The highest BCUT2D eigenvalue weighted by Crippen LogP contribution is 1.95. The molecule has 0 saturated heterocycles. The number of aryl methyl sites for hydroxylation is 1. The minimum Gasteiger partial charge on any atom is -0.382 e. The minimum absolute atomic E-state index is 0.660. The van der Waals surface area contributed by atoms with E-state index < -0.39 is 0 Å². The van der Waals surface area contributed by atoms with E-state index in [0.29, 0.717) is 13.2 Å². The van der Waals surface area contributed by atoms with Gasteiger partial charge in [-0.25, -0.2) is 9.67 Å². The Morgan fingerprint density at radius 1 is 1.33 bits per heavy atom. The summed E-state index contributed by atoms with van der Waals surface area (Å²) in [5, 5.41) is 7.52. The van der Waals surface area contributed by atoms with Gasteiger partial charge in [-0.1, -0.05) is 6.92 Å². The number of nitrogens with zero attached hydrogens (tertiary/aromatic N) is 3. The Hall–Kier alpha value is -0.980. The lowest BCUT2D eigenvalue weighted by Crippen LogP contribution is -2.20. The van der Waals surface area contributed by atoms with E-state index in [2.05, 4.69) is 22.3 Å². The molecule has 104 valence electrons. The zero-order valence-electron chi connectivity index (χ0n) is 11.4. The number of hydrogen-bond donors (Lipinski definition) is 1. The number of nitrogens with one attached hydrogen (secondary N) is 1. The van der Waals surface area contributed by atoms with Crippen LogP contribution in [0.4, 0.5) is 0 Å². The fourth-order valence-corrected chi connectivity index (χ4v) is 1.57. The van der Waals surface area contributed by atoms with Gasteiger partial charge in [-0.2, -0.15) is 5.10 Å². The second-order valence-corrected chi connectivity index (χ2v) is 4.03. The number of ether oxygens (including phenoxy) is 2. The minimum atomic E-state index is 0.660. The van der Waals surface area contributed by atoms with Crippen molar-refractivity contribution in [3.63, 3.8) is 0 Å². The van der Waals surface area contributed by atoms with Gasteiger partial charge in [0.1, 0.15) is 12.2 Å². The number of hydrogen-bond acceptors (Lipinski definition) is 5. The Morgan fingerprint density at radius 2 is 2.22 bits per heavy atom. The number of methoxy groups -OCH3 is 1. The molecule has 0 atom stereocenters. The highest BCUT2D eigenvalue weighted by Gasteiger charge is 2.01. The fourth-order valence-electron chi connectivity index (χ4n) is 1.57. The van der Waals surface area contributed by atoms with Gasteiger partial charge in [0, 0.05) is 20.3 Å². The van der Waals surface area contributed by atoms with Crippen LogP contribution >= 0.6 is 0 Å². The summed E-state index contributed by atoms with van der Waals surface area (Å²) in [7, 11) is 1.68. The molecule has 0 amide bonds. The van der Waals surface area contributed by atoms with E-state index in [9.17, 15) is 0 Å². The summed E-state index contributed by atoms with van der Waals surface area (Å²) in [6.45, 7) is 6.84. The first-order valence-electron chi connectivity index (χ1n) is 6.52. The molecule has 1 aromatic rings. The van der Waals surface area contributed by atoms with Gasteiger partial charge in [-0.05, 0) is 19.4 Å². The Balaban J connectivity index is 2.01. The van der Waals surface area contributed by atoms with Gasteiger partial charge in [-0.3, -0.25) is 0 Å². The summed E-state index contributed by atoms with van der Waals surface area (Å²) < 4.78 is 12.2. The third-order valence-corrected chi connectivity index (χ3v) is 2.49. The van der Waals surface area contributed by atoms with Crippen LogP contribution in [0.5, 0.6) is 0 Å². The third kappa shape index (κ3) is 6.09. The van der Waals surface area contributed by atoms with Gasteiger partial charge in [0.25, 0.3) is 0 Å². The molecule has 6 nitrogen and oxygen atoms in total. The molecule has 0 bridgehead atoms. The van der Waals surface area contributed by atoms with Crippen LogP contribution in [0.3, 0.4) is 0 Å². The zero-order chi connectivity index (χ0) is 13.1. The molecular weight excluding hydrogens is 232 g/mol. The lowest BCUT2D eigenvalue weighted by atomic mass is 10.4. The van der Waals surface area contributed by atoms with Crippen LogP contribution in [-0.4, -0.2) is 48.2 Å². The Bertz CT molecular complexity index is 304. The Labute approximate surface area is 109 Å². The van der Waals surface area contributed by atoms with Crippen LogP contribution in [-0.2, 0) is 22.6 Å². The summed E-state index contributed by atoms with van der Waals surface area (Å²) in [6.07, 6.45) is 3.68.